The van der Waals surface area contributed by atoms with Gasteiger partial charge in [0, 0.05) is 30.7 Å². The molecule has 1 fully saturated rings. The van der Waals surface area contributed by atoms with Crippen LogP contribution in [-0.2, 0) is 4.79 Å². The van der Waals surface area contributed by atoms with Crippen molar-refractivity contribution in [2.75, 3.05) is 32.8 Å². The van der Waals surface area contributed by atoms with E-state index in [1.165, 1.54) is 24.3 Å². The number of carbonyl (C=O) groups is 1. The lowest BCUT2D eigenvalue weighted by Crippen LogP contribution is -2.46. The van der Waals surface area contributed by atoms with Crippen LogP contribution in [0.1, 0.15) is 19.3 Å². The molecule has 6 nitrogen and oxygen atoms in total. The first kappa shape index (κ1) is 24.1. The number of hydrogen-bond acceptors (Lipinski definition) is 5. The summed E-state index contributed by atoms with van der Waals surface area (Å²) in [7, 11) is 0. The third-order valence-corrected chi connectivity index (χ3v) is 5.32. The molecule has 0 spiro atoms. The van der Waals surface area contributed by atoms with Gasteiger partial charge in [-0.1, -0.05) is 11.6 Å². The maximum atomic E-state index is 12.2. The van der Waals surface area contributed by atoms with Crippen molar-refractivity contribution < 1.29 is 27.8 Å². The van der Waals surface area contributed by atoms with Gasteiger partial charge in [-0.2, -0.15) is 8.78 Å². The summed E-state index contributed by atoms with van der Waals surface area (Å²) in [5, 5.41) is 3.68. The zero-order valence-corrected chi connectivity index (χ0v) is 18.4. The molecule has 1 N–H and O–H groups in total. The highest BCUT2D eigenvalue weighted by molar-refractivity contribution is 6.30. The summed E-state index contributed by atoms with van der Waals surface area (Å²) < 4.78 is 39.7. The van der Waals surface area contributed by atoms with Crippen LogP contribution in [0.5, 0.6) is 17.2 Å². The molecule has 0 unspecified atom stereocenters. The molecule has 0 aliphatic carbocycles. The molecule has 1 aliphatic heterocycles. The molecule has 0 radical (unpaired) electrons. The second-order valence-corrected chi connectivity index (χ2v) is 7.91. The fourth-order valence-electron chi connectivity index (χ4n) is 3.45. The normalized spacial score (nSPS) is 14.9. The van der Waals surface area contributed by atoms with Crippen molar-refractivity contribution in [3.05, 3.63) is 53.6 Å². The minimum absolute atomic E-state index is 0.0418. The molecule has 0 aromatic heterocycles. The highest BCUT2D eigenvalue weighted by Gasteiger charge is 2.20. The van der Waals surface area contributed by atoms with Gasteiger partial charge in [0.25, 0.3) is 5.91 Å². The van der Waals surface area contributed by atoms with Gasteiger partial charge in [-0.25, -0.2) is 0 Å². The van der Waals surface area contributed by atoms with Crippen molar-refractivity contribution in [2.24, 2.45) is 0 Å². The maximum Gasteiger partial charge on any atom is 0.387 e. The number of nitrogens with one attached hydrogen (secondary N) is 1. The number of hydrogen-bond donors (Lipinski definition) is 1. The number of amides is 1. The summed E-state index contributed by atoms with van der Waals surface area (Å²) in [4.78, 5) is 14.5. The summed E-state index contributed by atoms with van der Waals surface area (Å²) >= 11 is 5.86. The van der Waals surface area contributed by atoms with Crippen molar-refractivity contribution in [3.8, 4) is 17.2 Å². The van der Waals surface area contributed by atoms with Gasteiger partial charge >= 0.3 is 6.61 Å². The number of benzene rings is 2. The second-order valence-electron chi connectivity index (χ2n) is 7.48. The Balaban J connectivity index is 1.26. The van der Waals surface area contributed by atoms with E-state index in [1.807, 2.05) is 24.3 Å². The first-order chi connectivity index (χ1) is 15.5. The molecule has 1 saturated heterocycles. The summed E-state index contributed by atoms with van der Waals surface area (Å²) in [6.07, 6.45) is 2.68. The lowest BCUT2D eigenvalue weighted by atomic mass is 10.0. The van der Waals surface area contributed by atoms with E-state index in [1.54, 1.807) is 0 Å². The topological polar surface area (TPSA) is 60.0 Å². The monoisotopic (exact) mass is 468 g/mol. The first-order valence-corrected chi connectivity index (χ1v) is 10.9. The lowest BCUT2D eigenvalue weighted by Gasteiger charge is -2.32. The molecule has 2 aromatic carbocycles. The molecular formula is C23H27ClF2N2O4. The molecule has 1 heterocycles. The van der Waals surface area contributed by atoms with Crippen molar-refractivity contribution in [3.63, 3.8) is 0 Å². The number of carbonyl (C=O) groups excluding carboxylic acids is 1. The summed E-state index contributed by atoms with van der Waals surface area (Å²) in [5.41, 5.74) is 0. The van der Waals surface area contributed by atoms with Crippen LogP contribution in [0.15, 0.2) is 48.5 Å². The zero-order chi connectivity index (χ0) is 22.8. The van der Waals surface area contributed by atoms with E-state index in [0.29, 0.717) is 17.4 Å². The van der Waals surface area contributed by atoms with Crippen LogP contribution < -0.4 is 19.5 Å². The fourth-order valence-corrected chi connectivity index (χ4v) is 3.57. The van der Waals surface area contributed by atoms with E-state index in [9.17, 15) is 13.6 Å². The molecule has 32 heavy (non-hydrogen) atoms. The Bertz CT molecular complexity index is 829. The maximum absolute atomic E-state index is 12.2. The van der Waals surface area contributed by atoms with Gasteiger partial charge < -0.3 is 24.4 Å². The van der Waals surface area contributed by atoms with Gasteiger partial charge in [0.2, 0.25) is 0 Å². The third-order valence-electron chi connectivity index (χ3n) is 5.07. The van der Waals surface area contributed by atoms with Gasteiger partial charge in [-0.15, -0.1) is 0 Å². The highest BCUT2D eigenvalue weighted by atomic mass is 35.5. The van der Waals surface area contributed by atoms with E-state index in [2.05, 4.69) is 15.0 Å². The SMILES string of the molecule is O=C(COc1ccc(OC(F)F)cc1)NC1CCN(CCCOc2ccc(Cl)cc2)CC1. The lowest BCUT2D eigenvalue weighted by molar-refractivity contribution is -0.124. The summed E-state index contributed by atoms with van der Waals surface area (Å²) in [5.74, 6) is 1.07. The molecule has 0 bridgehead atoms. The Morgan fingerprint density at radius 2 is 1.59 bits per heavy atom. The number of rotatable bonds is 11. The van der Waals surface area contributed by atoms with Gasteiger partial charge in [-0.05, 0) is 67.8 Å². The highest BCUT2D eigenvalue weighted by Crippen LogP contribution is 2.19. The molecule has 174 valence electrons. The van der Waals surface area contributed by atoms with E-state index in [0.717, 1.165) is 44.6 Å². The molecular weight excluding hydrogens is 442 g/mol. The Hall–Kier alpha value is -2.58. The predicted molar refractivity (Wildman–Crippen MR) is 118 cm³/mol. The van der Waals surface area contributed by atoms with Crippen LogP contribution in [-0.4, -0.2) is 56.3 Å². The van der Waals surface area contributed by atoms with Crippen molar-refractivity contribution in [1.29, 1.82) is 0 Å². The average Bonchev–Trinajstić information content (AvgIpc) is 2.78. The Kier molecular flexibility index (Phi) is 9.37. The Morgan fingerprint density at radius 3 is 2.25 bits per heavy atom. The van der Waals surface area contributed by atoms with Gasteiger partial charge in [0.05, 0.1) is 6.61 Å². The average molecular weight is 469 g/mol. The van der Waals surface area contributed by atoms with Crippen LogP contribution in [0.4, 0.5) is 8.78 Å². The third kappa shape index (κ3) is 8.51. The Labute approximate surface area is 191 Å². The first-order valence-electron chi connectivity index (χ1n) is 10.6. The largest absolute Gasteiger partial charge is 0.494 e. The minimum atomic E-state index is -2.87. The molecule has 0 atom stereocenters. The van der Waals surface area contributed by atoms with Crippen LogP contribution in [0, 0.1) is 0 Å². The summed E-state index contributed by atoms with van der Waals surface area (Å²) in [6, 6.07) is 13.2. The van der Waals surface area contributed by atoms with Crippen LogP contribution in [0.25, 0.3) is 0 Å². The molecule has 0 saturated carbocycles. The summed E-state index contributed by atoms with van der Waals surface area (Å²) in [6.45, 7) is 0.420. The van der Waals surface area contributed by atoms with Gasteiger partial charge in [0.1, 0.15) is 17.2 Å². The quantitative estimate of drug-likeness (QED) is 0.496. The van der Waals surface area contributed by atoms with Crippen molar-refractivity contribution in [1.82, 2.24) is 10.2 Å². The number of halogens is 3. The van der Waals surface area contributed by atoms with Gasteiger partial charge in [-0.3, -0.25) is 4.79 Å². The number of likely N-dealkylation sites (tertiary alicyclic amines) is 1. The van der Waals surface area contributed by atoms with E-state index >= 15 is 0 Å². The van der Waals surface area contributed by atoms with Crippen LogP contribution in [0.2, 0.25) is 5.02 Å². The Morgan fingerprint density at radius 1 is 1.00 bits per heavy atom. The molecule has 1 amide bonds. The fraction of sp³-hybridized carbons (Fsp3) is 0.435. The molecule has 2 aromatic rings. The number of ether oxygens (including phenoxy) is 3. The predicted octanol–water partition coefficient (Wildman–Crippen LogP) is 4.37. The second kappa shape index (κ2) is 12.5. The number of nitrogens with zero attached hydrogens (tertiary/aromatic N) is 1. The number of piperidine rings is 1. The number of alkyl halides is 2. The van der Waals surface area contributed by atoms with Crippen LogP contribution in [0.3, 0.4) is 0 Å². The van der Waals surface area contributed by atoms with E-state index < -0.39 is 6.61 Å². The zero-order valence-electron chi connectivity index (χ0n) is 17.6. The molecule has 9 heteroatoms. The molecule has 3 rings (SSSR count). The van der Waals surface area contributed by atoms with Crippen molar-refractivity contribution >= 4 is 17.5 Å². The van der Waals surface area contributed by atoms with Crippen molar-refractivity contribution in [2.45, 2.75) is 31.9 Å². The van der Waals surface area contributed by atoms with E-state index in [-0.39, 0.29) is 24.3 Å². The van der Waals surface area contributed by atoms with Gasteiger partial charge in [0.15, 0.2) is 6.61 Å². The van der Waals surface area contributed by atoms with E-state index in [4.69, 9.17) is 21.1 Å². The molecule has 1 aliphatic rings. The standard InChI is InChI=1S/C23H27ClF2N2O4/c24-17-2-4-19(5-3-17)30-15-1-12-28-13-10-18(11-14-28)27-22(29)16-31-20-6-8-21(9-7-20)32-23(25)26/h2-9,18,23H,1,10-16H2,(H,27,29). The minimum Gasteiger partial charge on any atom is -0.494 e. The smallest absolute Gasteiger partial charge is 0.387 e. The van der Waals surface area contributed by atoms with Crippen LogP contribution >= 0.6 is 11.6 Å².